The Bertz CT molecular complexity index is 980. The molecule has 3 atom stereocenters. The maximum absolute atomic E-state index is 12.9. The van der Waals surface area contributed by atoms with Gasteiger partial charge in [0.15, 0.2) is 5.96 Å². The summed E-state index contributed by atoms with van der Waals surface area (Å²) in [6.07, 6.45) is -0.228. The highest BCUT2D eigenvalue weighted by Gasteiger charge is 2.27. The van der Waals surface area contributed by atoms with Crippen LogP contribution in [0.4, 0.5) is 0 Å². The summed E-state index contributed by atoms with van der Waals surface area (Å²) in [6.45, 7) is -0.403. The minimum atomic E-state index is -1.33. The first-order valence-electron chi connectivity index (χ1n) is 11.3. The number of carbonyl (C=O) groups is 5. The van der Waals surface area contributed by atoms with Gasteiger partial charge in [-0.05, 0) is 37.0 Å². The molecule has 0 aromatic heterocycles. The van der Waals surface area contributed by atoms with Gasteiger partial charge < -0.3 is 48.5 Å². The van der Waals surface area contributed by atoms with E-state index in [-0.39, 0.29) is 50.4 Å². The van der Waals surface area contributed by atoms with Crippen molar-refractivity contribution in [2.24, 2.45) is 22.2 Å². The molecule has 1 aromatic carbocycles. The van der Waals surface area contributed by atoms with Crippen molar-refractivity contribution in [3.63, 3.8) is 0 Å². The van der Waals surface area contributed by atoms with Crippen LogP contribution in [0.15, 0.2) is 29.3 Å². The van der Waals surface area contributed by atoms with Crippen LogP contribution in [-0.4, -0.2) is 82.2 Å². The van der Waals surface area contributed by atoms with Crippen molar-refractivity contribution in [2.45, 2.75) is 50.2 Å². The number of aliphatic imine (C=N–C) groups is 1. The Morgan fingerprint density at radius 2 is 1.57 bits per heavy atom. The second-order valence-corrected chi connectivity index (χ2v) is 8.10. The monoisotopic (exact) mass is 523 g/mol. The van der Waals surface area contributed by atoms with Crippen LogP contribution in [0.3, 0.4) is 0 Å². The molecule has 37 heavy (non-hydrogen) atoms. The van der Waals surface area contributed by atoms with E-state index in [1.807, 2.05) is 0 Å². The van der Waals surface area contributed by atoms with E-state index in [4.69, 9.17) is 22.3 Å². The van der Waals surface area contributed by atoms with E-state index in [0.29, 0.717) is 5.56 Å². The van der Waals surface area contributed by atoms with E-state index in [1.165, 1.54) is 24.3 Å². The molecule has 204 valence electrons. The van der Waals surface area contributed by atoms with Gasteiger partial charge in [0.1, 0.15) is 17.8 Å². The summed E-state index contributed by atoms with van der Waals surface area (Å²) < 4.78 is 0. The fourth-order valence-electron chi connectivity index (χ4n) is 3.07. The number of hydrogen-bond donors (Lipinski definition) is 9. The number of aliphatic carboxylic acids is 2. The number of carboxylic acids is 2. The molecule has 1 aromatic rings. The van der Waals surface area contributed by atoms with Gasteiger partial charge in [-0.15, -0.1) is 0 Å². The van der Waals surface area contributed by atoms with Crippen molar-refractivity contribution in [2.75, 3.05) is 13.1 Å². The van der Waals surface area contributed by atoms with Crippen LogP contribution in [0.1, 0.15) is 31.2 Å². The first-order valence-corrected chi connectivity index (χ1v) is 11.3. The molecule has 3 unspecified atom stereocenters. The zero-order valence-electron chi connectivity index (χ0n) is 20.1. The number of aromatic hydroxyl groups is 1. The lowest BCUT2D eigenvalue weighted by Crippen LogP contribution is -2.54. The highest BCUT2D eigenvalue weighted by molar-refractivity contribution is 5.92. The molecule has 0 aliphatic heterocycles. The number of amides is 3. The topological polar surface area (TPSA) is 273 Å². The lowest BCUT2D eigenvalue weighted by molar-refractivity contribution is -0.142. The zero-order chi connectivity index (χ0) is 28.0. The smallest absolute Gasteiger partial charge is 0.326 e. The first-order chi connectivity index (χ1) is 17.4. The first kappa shape index (κ1) is 30.6. The molecule has 12 N–H and O–H groups in total. The average molecular weight is 524 g/mol. The molecule has 0 heterocycles. The van der Waals surface area contributed by atoms with Gasteiger partial charge >= 0.3 is 11.9 Å². The number of carboxylic acid groups (broad SMARTS) is 2. The van der Waals surface area contributed by atoms with E-state index in [1.54, 1.807) is 0 Å². The van der Waals surface area contributed by atoms with Gasteiger partial charge in [0.2, 0.25) is 17.7 Å². The molecular weight excluding hydrogens is 490 g/mol. The minimum Gasteiger partial charge on any atom is -0.508 e. The molecule has 0 saturated carbocycles. The fourth-order valence-corrected chi connectivity index (χ4v) is 3.07. The number of nitrogens with one attached hydrogen (secondary N) is 3. The van der Waals surface area contributed by atoms with Crippen molar-refractivity contribution in [1.29, 1.82) is 0 Å². The Balaban J connectivity index is 2.81. The maximum Gasteiger partial charge on any atom is 0.326 e. The fraction of sp³-hybridized carbons (Fsp3) is 0.455. The van der Waals surface area contributed by atoms with Gasteiger partial charge in [-0.25, -0.2) is 4.79 Å². The summed E-state index contributed by atoms with van der Waals surface area (Å²) in [4.78, 5) is 63.4. The normalized spacial score (nSPS) is 12.9. The number of phenols is 1. The molecule has 3 amide bonds. The van der Waals surface area contributed by atoms with Crippen molar-refractivity contribution < 1.29 is 39.3 Å². The summed E-state index contributed by atoms with van der Waals surface area (Å²) in [5, 5.41) is 34.7. The van der Waals surface area contributed by atoms with Crippen LogP contribution < -0.4 is 33.2 Å². The van der Waals surface area contributed by atoms with Crippen LogP contribution in [0.5, 0.6) is 5.75 Å². The second kappa shape index (κ2) is 15.6. The van der Waals surface area contributed by atoms with E-state index < -0.39 is 54.3 Å². The maximum atomic E-state index is 12.9. The summed E-state index contributed by atoms with van der Waals surface area (Å²) >= 11 is 0. The van der Waals surface area contributed by atoms with E-state index >= 15 is 0 Å². The molecule has 0 fully saturated rings. The summed E-state index contributed by atoms with van der Waals surface area (Å²) in [5.74, 6) is -4.88. The van der Waals surface area contributed by atoms with Gasteiger partial charge in [-0.1, -0.05) is 12.1 Å². The van der Waals surface area contributed by atoms with Gasteiger partial charge in [-0.3, -0.25) is 24.2 Å². The van der Waals surface area contributed by atoms with E-state index in [2.05, 4.69) is 20.9 Å². The largest absolute Gasteiger partial charge is 0.508 e. The van der Waals surface area contributed by atoms with E-state index in [0.717, 1.165) is 0 Å². The van der Waals surface area contributed by atoms with E-state index in [9.17, 15) is 34.2 Å². The molecular formula is C22H33N7O8. The Kier molecular flexibility index (Phi) is 12.9. The number of rotatable bonds is 16. The van der Waals surface area contributed by atoms with Crippen LogP contribution in [-0.2, 0) is 30.4 Å². The highest BCUT2D eigenvalue weighted by Crippen LogP contribution is 2.12. The zero-order valence-corrected chi connectivity index (χ0v) is 20.1. The van der Waals surface area contributed by atoms with Gasteiger partial charge in [0.25, 0.3) is 0 Å². The SMILES string of the molecule is NC(N)=NCCCC(NC(=O)CNC(=O)C(N)CCC(=O)O)C(=O)NC(Cc1ccc(O)cc1)C(=O)O. The van der Waals surface area contributed by atoms with Crippen molar-refractivity contribution in [1.82, 2.24) is 16.0 Å². The molecule has 0 bridgehead atoms. The van der Waals surface area contributed by atoms with Gasteiger partial charge in [0.05, 0.1) is 12.6 Å². The van der Waals surface area contributed by atoms with Crippen molar-refractivity contribution >= 4 is 35.6 Å². The number of carbonyl (C=O) groups excluding carboxylic acids is 3. The van der Waals surface area contributed by atoms with Crippen LogP contribution in [0.25, 0.3) is 0 Å². The number of hydrogen-bond acceptors (Lipinski definition) is 8. The Labute approximate surface area is 212 Å². The molecule has 0 radical (unpaired) electrons. The number of nitrogens with zero attached hydrogens (tertiary/aromatic N) is 1. The van der Waals surface area contributed by atoms with Crippen LogP contribution in [0, 0.1) is 0 Å². The third kappa shape index (κ3) is 12.7. The molecule has 0 aliphatic rings. The quantitative estimate of drug-likeness (QED) is 0.0613. The standard InChI is InChI=1S/C22H33N7O8/c23-14(7-8-18(32)33)19(34)27-11-17(31)28-15(2-1-9-26-22(24)25)20(35)29-16(21(36)37)10-12-3-5-13(30)6-4-12/h3-6,14-16,30H,1-2,7-11,23H2,(H,27,34)(H,28,31)(H,29,35)(H,32,33)(H,36,37)(H4,24,25,26). The van der Waals surface area contributed by atoms with Crippen molar-refractivity contribution in [3.8, 4) is 5.75 Å². The third-order valence-electron chi connectivity index (χ3n) is 5.02. The number of nitrogens with two attached hydrogens (primary N) is 3. The minimum absolute atomic E-state index is 0.00172. The van der Waals surface area contributed by atoms with Gasteiger partial charge in [-0.2, -0.15) is 0 Å². The number of guanidine groups is 1. The summed E-state index contributed by atoms with van der Waals surface area (Å²) in [6, 6.07) is 2.13. The predicted molar refractivity (Wildman–Crippen MR) is 131 cm³/mol. The molecule has 0 spiro atoms. The average Bonchev–Trinajstić information content (AvgIpc) is 2.83. The Morgan fingerprint density at radius 1 is 0.919 bits per heavy atom. The predicted octanol–water partition coefficient (Wildman–Crippen LogP) is -2.65. The molecule has 1 rings (SSSR count). The third-order valence-corrected chi connectivity index (χ3v) is 5.02. The molecule has 15 nitrogen and oxygen atoms in total. The van der Waals surface area contributed by atoms with Crippen LogP contribution >= 0.6 is 0 Å². The Hall–Kier alpha value is -4.40. The Morgan fingerprint density at radius 3 is 2.14 bits per heavy atom. The molecule has 0 aliphatic carbocycles. The summed E-state index contributed by atoms with van der Waals surface area (Å²) in [5.41, 5.74) is 16.7. The number of phenolic OH excluding ortho intramolecular Hbond substituents is 1. The van der Waals surface area contributed by atoms with Crippen molar-refractivity contribution in [3.05, 3.63) is 29.8 Å². The van der Waals surface area contributed by atoms with Gasteiger partial charge in [0, 0.05) is 19.4 Å². The highest BCUT2D eigenvalue weighted by atomic mass is 16.4. The van der Waals surface area contributed by atoms with Crippen LogP contribution in [0.2, 0.25) is 0 Å². The second-order valence-electron chi connectivity index (χ2n) is 8.10. The number of benzene rings is 1. The molecule has 15 heteroatoms. The summed E-state index contributed by atoms with van der Waals surface area (Å²) in [7, 11) is 0. The molecule has 0 saturated heterocycles. The lowest BCUT2D eigenvalue weighted by Gasteiger charge is -2.22. The lowest BCUT2D eigenvalue weighted by atomic mass is 10.0.